The zero-order valence-corrected chi connectivity index (χ0v) is 10.5. The van der Waals surface area contributed by atoms with E-state index < -0.39 is 47.3 Å². The lowest BCUT2D eigenvalue weighted by atomic mass is 10.2. The Hall–Kier alpha value is -0.400. The van der Waals surface area contributed by atoms with E-state index in [2.05, 4.69) is 22.5 Å². The first-order chi connectivity index (χ1) is 8.00. The summed E-state index contributed by atoms with van der Waals surface area (Å²) in [5.41, 5.74) is -1.23. The van der Waals surface area contributed by atoms with Crippen LogP contribution in [0.4, 0.5) is 22.0 Å². The van der Waals surface area contributed by atoms with E-state index in [1.807, 2.05) is 0 Å². The Balaban J connectivity index is 0.000000494. The highest BCUT2D eigenvalue weighted by molar-refractivity contribution is 8.04. The fourth-order valence-corrected chi connectivity index (χ4v) is 0.789. The fraction of sp³-hybridized carbons (Fsp3) is 0.143. The van der Waals surface area contributed by atoms with Crippen LogP contribution in [-0.4, -0.2) is 10.00 Å². The molecule has 0 unspecified atom stereocenters. The Labute approximate surface area is 107 Å². The summed E-state index contributed by atoms with van der Waals surface area (Å²) in [5.74, 6) is -10.3. The van der Waals surface area contributed by atoms with E-state index in [0.29, 0.717) is 0 Å². The molecule has 0 aliphatic heterocycles. The van der Waals surface area contributed by atoms with E-state index in [4.69, 9.17) is 10.00 Å². The van der Waals surface area contributed by atoms with Gasteiger partial charge < -0.3 is 10.00 Å². The molecule has 2 N–H and O–H groups in total. The maximum Gasteiger partial charge on any atom is 0.377 e. The van der Waals surface area contributed by atoms with Crippen molar-refractivity contribution < 1.29 is 36.5 Å². The van der Waals surface area contributed by atoms with E-state index >= 15 is 0 Å². The SMILES string of the molecule is O=P(O)(Cl)Cl.OCc1c(F)c(F)c(F)c(F)c1F. The standard InChI is InChI=1S/C7H3F5O.Cl2HO2P/c8-3-2(1-13)4(9)6(11)7(12)5(3)10;1-5(2,3)4/h13H,1H2;(H,3,4). The van der Waals surface area contributed by atoms with Crippen molar-refractivity contribution in [3.8, 4) is 0 Å². The summed E-state index contributed by atoms with van der Waals surface area (Å²) < 4.78 is 71.3. The number of aliphatic hydroxyl groups excluding tert-OH is 1. The van der Waals surface area contributed by atoms with E-state index in [0.717, 1.165) is 0 Å². The second kappa shape index (κ2) is 6.68. The fourth-order valence-electron chi connectivity index (χ4n) is 0.789. The molecular formula is C7H4Cl2F5O3P. The molecule has 18 heavy (non-hydrogen) atoms. The highest BCUT2D eigenvalue weighted by atomic mass is 35.9. The Morgan fingerprint density at radius 2 is 1.11 bits per heavy atom. The van der Waals surface area contributed by atoms with Gasteiger partial charge in [-0.25, -0.2) is 22.0 Å². The van der Waals surface area contributed by atoms with Crippen LogP contribution in [0.3, 0.4) is 0 Å². The van der Waals surface area contributed by atoms with Gasteiger partial charge in [0.1, 0.15) is 0 Å². The number of halogens is 7. The third kappa shape index (κ3) is 5.07. The molecule has 0 atom stereocenters. The predicted molar refractivity (Wildman–Crippen MR) is 53.7 cm³/mol. The summed E-state index contributed by atoms with van der Waals surface area (Å²) >= 11 is 8.81. The minimum atomic E-state index is -3.69. The van der Waals surface area contributed by atoms with Gasteiger partial charge in [0.2, 0.25) is 5.82 Å². The molecule has 104 valence electrons. The van der Waals surface area contributed by atoms with E-state index in [9.17, 15) is 26.5 Å². The highest BCUT2D eigenvalue weighted by Crippen LogP contribution is 2.51. The van der Waals surface area contributed by atoms with Crippen molar-refractivity contribution in [1.82, 2.24) is 0 Å². The molecule has 1 aromatic carbocycles. The molecule has 0 aliphatic carbocycles. The summed E-state index contributed by atoms with van der Waals surface area (Å²) in [6.45, 7) is -1.24. The predicted octanol–water partition coefficient (Wildman–Crippen LogP) is 3.44. The molecule has 0 amide bonds. The van der Waals surface area contributed by atoms with Crippen LogP contribution in [0.25, 0.3) is 0 Å². The van der Waals surface area contributed by atoms with Gasteiger partial charge in [-0.1, -0.05) is 0 Å². The summed E-state index contributed by atoms with van der Waals surface area (Å²) in [4.78, 5) is 7.61. The van der Waals surface area contributed by atoms with Crippen LogP contribution < -0.4 is 0 Å². The lowest BCUT2D eigenvalue weighted by molar-refractivity contribution is 0.258. The van der Waals surface area contributed by atoms with E-state index in [-0.39, 0.29) is 0 Å². The minimum Gasteiger partial charge on any atom is -0.391 e. The maximum absolute atomic E-state index is 12.5. The average Bonchev–Trinajstić information content (AvgIpc) is 2.22. The zero-order valence-electron chi connectivity index (χ0n) is 8.10. The van der Waals surface area contributed by atoms with E-state index in [1.165, 1.54) is 0 Å². The van der Waals surface area contributed by atoms with Gasteiger partial charge in [-0.3, -0.25) is 4.57 Å². The Morgan fingerprint density at radius 1 is 0.889 bits per heavy atom. The lowest BCUT2D eigenvalue weighted by Crippen LogP contribution is -2.06. The molecule has 0 fully saturated rings. The van der Waals surface area contributed by atoms with Gasteiger partial charge in [-0.05, 0) is 22.5 Å². The van der Waals surface area contributed by atoms with Crippen LogP contribution in [0, 0.1) is 29.1 Å². The van der Waals surface area contributed by atoms with Gasteiger partial charge in [0.25, 0.3) is 0 Å². The van der Waals surface area contributed by atoms with Crippen molar-refractivity contribution in [3.63, 3.8) is 0 Å². The van der Waals surface area contributed by atoms with Crippen molar-refractivity contribution in [1.29, 1.82) is 0 Å². The largest absolute Gasteiger partial charge is 0.391 e. The van der Waals surface area contributed by atoms with Crippen LogP contribution in [0.1, 0.15) is 5.56 Å². The average molecular weight is 333 g/mol. The van der Waals surface area contributed by atoms with Gasteiger partial charge in [0.15, 0.2) is 23.3 Å². The quantitative estimate of drug-likeness (QED) is 0.358. The molecular weight excluding hydrogens is 329 g/mol. The molecule has 11 heteroatoms. The molecule has 0 aromatic heterocycles. The summed E-state index contributed by atoms with van der Waals surface area (Å²) in [6.07, 6.45) is -3.69. The van der Waals surface area contributed by atoms with Crippen molar-refractivity contribution in [3.05, 3.63) is 34.6 Å². The van der Waals surface area contributed by atoms with Crippen LogP contribution in [0.5, 0.6) is 0 Å². The molecule has 0 spiro atoms. The first kappa shape index (κ1) is 17.6. The first-order valence-electron chi connectivity index (χ1n) is 3.84. The van der Waals surface area contributed by atoms with Crippen molar-refractivity contribution in [2.24, 2.45) is 0 Å². The number of hydrogen-bond acceptors (Lipinski definition) is 2. The summed E-state index contributed by atoms with van der Waals surface area (Å²) in [7, 11) is 0. The van der Waals surface area contributed by atoms with Gasteiger partial charge in [-0.15, -0.1) is 0 Å². The Kier molecular flexibility index (Phi) is 6.53. The molecule has 0 radical (unpaired) electrons. The molecule has 0 saturated heterocycles. The molecule has 0 saturated carbocycles. The summed E-state index contributed by atoms with van der Waals surface area (Å²) in [5, 5.41) is 8.30. The van der Waals surface area contributed by atoms with Crippen molar-refractivity contribution in [2.45, 2.75) is 6.61 Å². The van der Waals surface area contributed by atoms with Crippen molar-refractivity contribution in [2.75, 3.05) is 0 Å². The lowest BCUT2D eigenvalue weighted by Gasteiger charge is -2.04. The molecule has 0 aliphatic rings. The van der Waals surface area contributed by atoms with Gasteiger partial charge in [-0.2, -0.15) is 0 Å². The molecule has 1 rings (SSSR count). The second-order valence-corrected chi connectivity index (χ2v) is 6.78. The van der Waals surface area contributed by atoms with Crippen molar-refractivity contribution >= 4 is 28.6 Å². The molecule has 0 bridgehead atoms. The van der Waals surface area contributed by atoms with Crippen LogP contribution in [0.2, 0.25) is 0 Å². The third-order valence-electron chi connectivity index (χ3n) is 1.46. The van der Waals surface area contributed by atoms with Crippen LogP contribution in [0.15, 0.2) is 0 Å². The second-order valence-electron chi connectivity index (χ2n) is 2.64. The number of rotatable bonds is 1. The number of aliphatic hydroxyl groups is 1. The molecule has 1 aromatic rings. The van der Waals surface area contributed by atoms with Crippen LogP contribution in [-0.2, 0) is 11.2 Å². The highest BCUT2D eigenvalue weighted by Gasteiger charge is 2.24. The smallest absolute Gasteiger partial charge is 0.377 e. The maximum atomic E-state index is 12.5. The van der Waals surface area contributed by atoms with Gasteiger partial charge in [0.05, 0.1) is 12.2 Å². The monoisotopic (exact) mass is 332 g/mol. The Morgan fingerprint density at radius 3 is 1.33 bits per heavy atom. The Bertz CT molecular complexity index is 455. The zero-order chi connectivity index (χ0) is 14.7. The number of hydrogen-bond donors (Lipinski definition) is 2. The number of benzene rings is 1. The van der Waals surface area contributed by atoms with E-state index in [1.54, 1.807) is 0 Å². The van der Waals surface area contributed by atoms with Crippen LogP contribution >= 0.6 is 28.6 Å². The first-order valence-corrected chi connectivity index (χ1v) is 7.30. The minimum absolute atomic E-state index is 1.23. The molecule has 3 nitrogen and oxygen atoms in total. The normalized spacial score (nSPS) is 10.9. The topological polar surface area (TPSA) is 57.5 Å². The molecule has 0 heterocycles. The van der Waals surface area contributed by atoms with Gasteiger partial charge >= 0.3 is 6.07 Å². The third-order valence-corrected chi connectivity index (χ3v) is 1.46. The van der Waals surface area contributed by atoms with Gasteiger partial charge in [0, 0.05) is 0 Å². The summed E-state index contributed by atoms with van der Waals surface area (Å²) in [6, 6.07) is 0.